The number of hydrogen-bond donors (Lipinski definition) is 1. The van der Waals surface area contributed by atoms with Gasteiger partial charge in [-0.3, -0.25) is 4.90 Å². The van der Waals surface area contributed by atoms with Gasteiger partial charge in [0.25, 0.3) is 0 Å². The highest BCUT2D eigenvalue weighted by Gasteiger charge is 2.34. The maximum absolute atomic E-state index is 3.79. The van der Waals surface area contributed by atoms with Gasteiger partial charge in [0.15, 0.2) is 0 Å². The van der Waals surface area contributed by atoms with Gasteiger partial charge >= 0.3 is 0 Å². The van der Waals surface area contributed by atoms with Gasteiger partial charge in [-0.05, 0) is 32.4 Å². The Bertz CT molecular complexity index is 216. The number of rotatable bonds is 5. The minimum Gasteiger partial charge on any atom is -0.310 e. The SMILES string of the molecule is CCCC1(CN2CCN(CC)CC2)CCCN1. The van der Waals surface area contributed by atoms with Crippen LogP contribution in [0.5, 0.6) is 0 Å². The average Bonchev–Trinajstić information content (AvgIpc) is 2.79. The summed E-state index contributed by atoms with van der Waals surface area (Å²) in [6, 6.07) is 0. The standard InChI is InChI=1S/C14H29N3/c1-3-6-14(7-5-8-15-14)13-17-11-9-16(4-2)10-12-17/h15H,3-13H2,1-2H3. The molecule has 0 aliphatic carbocycles. The molecule has 17 heavy (non-hydrogen) atoms. The van der Waals surface area contributed by atoms with E-state index in [0.29, 0.717) is 5.54 Å². The summed E-state index contributed by atoms with van der Waals surface area (Å²) in [4.78, 5) is 5.24. The van der Waals surface area contributed by atoms with Crippen LogP contribution >= 0.6 is 0 Å². The van der Waals surface area contributed by atoms with Crippen LogP contribution in [0.2, 0.25) is 0 Å². The largest absolute Gasteiger partial charge is 0.310 e. The van der Waals surface area contributed by atoms with Gasteiger partial charge in [-0.1, -0.05) is 20.3 Å². The predicted molar refractivity (Wildman–Crippen MR) is 73.4 cm³/mol. The van der Waals surface area contributed by atoms with Gasteiger partial charge in [-0.2, -0.15) is 0 Å². The van der Waals surface area contributed by atoms with Crippen LogP contribution in [0.15, 0.2) is 0 Å². The van der Waals surface area contributed by atoms with Crippen LogP contribution in [-0.4, -0.2) is 61.2 Å². The molecule has 1 N–H and O–H groups in total. The summed E-state index contributed by atoms with van der Waals surface area (Å²) < 4.78 is 0. The molecule has 2 heterocycles. The maximum atomic E-state index is 3.79. The molecule has 2 rings (SSSR count). The number of likely N-dealkylation sites (N-methyl/N-ethyl adjacent to an activating group) is 1. The topological polar surface area (TPSA) is 18.5 Å². The van der Waals surface area contributed by atoms with Crippen molar-refractivity contribution >= 4 is 0 Å². The van der Waals surface area contributed by atoms with Crippen molar-refractivity contribution in [2.24, 2.45) is 0 Å². The molecule has 1 unspecified atom stereocenters. The van der Waals surface area contributed by atoms with Gasteiger partial charge in [-0.25, -0.2) is 0 Å². The molecule has 0 amide bonds. The first-order valence-corrected chi connectivity index (χ1v) is 7.48. The average molecular weight is 239 g/mol. The summed E-state index contributed by atoms with van der Waals surface area (Å²) in [7, 11) is 0. The van der Waals surface area contributed by atoms with Gasteiger partial charge in [0.2, 0.25) is 0 Å². The summed E-state index contributed by atoms with van der Waals surface area (Å²) in [6.45, 7) is 13.4. The van der Waals surface area contributed by atoms with Gasteiger partial charge in [0.05, 0.1) is 0 Å². The third-order valence-corrected chi connectivity index (χ3v) is 4.50. The van der Waals surface area contributed by atoms with E-state index < -0.39 is 0 Å². The second-order valence-corrected chi connectivity index (χ2v) is 5.77. The Morgan fingerprint density at radius 3 is 2.29 bits per heavy atom. The highest BCUT2D eigenvalue weighted by Crippen LogP contribution is 2.26. The molecule has 0 aromatic rings. The van der Waals surface area contributed by atoms with Crippen LogP contribution in [-0.2, 0) is 0 Å². The molecule has 3 nitrogen and oxygen atoms in total. The summed E-state index contributed by atoms with van der Waals surface area (Å²) in [5.41, 5.74) is 0.448. The maximum Gasteiger partial charge on any atom is 0.0309 e. The summed E-state index contributed by atoms with van der Waals surface area (Å²) in [6.07, 6.45) is 5.41. The Morgan fingerprint density at radius 1 is 1.06 bits per heavy atom. The van der Waals surface area contributed by atoms with Crippen LogP contribution in [0.3, 0.4) is 0 Å². The van der Waals surface area contributed by atoms with Crippen molar-refractivity contribution in [3.05, 3.63) is 0 Å². The molecule has 2 aliphatic heterocycles. The molecule has 0 bridgehead atoms. The van der Waals surface area contributed by atoms with Gasteiger partial charge in [-0.15, -0.1) is 0 Å². The second kappa shape index (κ2) is 6.17. The fraction of sp³-hybridized carbons (Fsp3) is 1.00. The Hall–Kier alpha value is -0.120. The summed E-state index contributed by atoms with van der Waals surface area (Å²) in [5, 5.41) is 3.79. The van der Waals surface area contributed by atoms with E-state index in [1.807, 2.05) is 0 Å². The predicted octanol–water partition coefficient (Wildman–Crippen LogP) is 1.55. The van der Waals surface area contributed by atoms with E-state index in [0.717, 1.165) is 0 Å². The van der Waals surface area contributed by atoms with Crippen LogP contribution in [0.25, 0.3) is 0 Å². The molecule has 0 radical (unpaired) electrons. The number of piperazine rings is 1. The van der Waals surface area contributed by atoms with Crippen LogP contribution < -0.4 is 5.32 Å². The van der Waals surface area contributed by atoms with Crippen LogP contribution in [0.4, 0.5) is 0 Å². The molecule has 100 valence electrons. The van der Waals surface area contributed by atoms with Gasteiger partial charge in [0, 0.05) is 38.3 Å². The van der Waals surface area contributed by atoms with E-state index >= 15 is 0 Å². The quantitative estimate of drug-likeness (QED) is 0.785. The summed E-state index contributed by atoms with van der Waals surface area (Å²) in [5.74, 6) is 0. The van der Waals surface area contributed by atoms with E-state index in [2.05, 4.69) is 29.0 Å². The van der Waals surface area contributed by atoms with E-state index in [1.165, 1.54) is 71.5 Å². The number of hydrogen-bond acceptors (Lipinski definition) is 3. The highest BCUT2D eigenvalue weighted by atomic mass is 15.3. The first-order valence-electron chi connectivity index (χ1n) is 7.48. The van der Waals surface area contributed by atoms with Crippen molar-refractivity contribution < 1.29 is 0 Å². The fourth-order valence-corrected chi connectivity index (χ4v) is 3.47. The molecule has 0 saturated carbocycles. The van der Waals surface area contributed by atoms with Crippen molar-refractivity contribution in [3.8, 4) is 0 Å². The minimum atomic E-state index is 0.448. The van der Waals surface area contributed by atoms with Crippen LogP contribution in [0.1, 0.15) is 39.5 Å². The Morgan fingerprint density at radius 2 is 1.76 bits per heavy atom. The molecule has 2 saturated heterocycles. The zero-order chi connectivity index (χ0) is 12.1. The summed E-state index contributed by atoms with van der Waals surface area (Å²) >= 11 is 0. The lowest BCUT2D eigenvalue weighted by atomic mass is 9.91. The molecule has 2 aliphatic rings. The van der Waals surface area contributed by atoms with E-state index in [1.54, 1.807) is 0 Å². The van der Waals surface area contributed by atoms with Gasteiger partial charge < -0.3 is 10.2 Å². The lowest BCUT2D eigenvalue weighted by Gasteiger charge is -2.40. The first-order chi connectivity index (χ1) is 8.28. The zero-order valence-electron chi connectivity index (χ0n) is 11.7. The van der Waals surface area contributed by atoms with E-state index in [9.17, 15) is 0 Å². The van der Waals surface area contributed by atoms with E-state index in [4.69, 9.17) is 0 Å². The molecule has 0 aromatic heterocycles. The zero-order valence-corrected chi connectivity index (χ0v) is 11.7. The lowest BCUT2D eigenvalue weighted by Crippen LogP contribution is -2.55. The van der Waals surface area contributed by atoms with Crippen LogP contribution in [0, 0.1) is 0 Å². The Labute approximate surface area is 107 Å². The molecule has 3 heteroatoms. The Kier molecular flexibility index (Phi) is 4.83. The van der Waals surface area contributed by atoms with Crippen molar-refractivity contribution in [3.63, 3.8) is 0 Å². The van der Waals surface area contributed by atoms with Crippen molar-refractivity contribution in [1.29, 1.82) is 0 Å². The van der Waals surface area contributed by atoms with Crippen molar-refractivity contribution in [2.75, 3.05) is 45.8 Å². The molecular weight excluding hydrogens is 210 g/mol. The van der Waals surface area contributed by atoms with E-state index in [-0.39, 0.29) is 0 Å². The van der Waals surface area contributed by atoms with Gasteiger partial charge in [0.1, 0.15) is 0 Å². The third-order valence-electron chi connectivity index (χ3n) is 4.50. The lowest BCUT2D eigenvalue weighted by molar-refractivity contribution is 0.105. The fourth-order valence-electron chi connectivity index (χ4n) is 3.47. The molecular formula is C14H29N3. The Balaban J connectivity index is 1.82. The molecule has 0 spiro atoms. The smallest absolute Gasteiger partial charge is 0.0309 e. The third kappa shape index (κ3) is 3.43. The van der Waals surface area contributed by atoms with Crippen molar-refractivity contribution in [2.45, 2.75) is 45.1 Å². The monoisotopic (exact) mass is 239 g/mol. The number of nitrogens with zero attached hydrogens (tertiary/aromatic N) is 2. The first kappa shape index (κ1) is 13.3. The highest BCUT2D eigenvalue weighted by molar-refractivity contribution is 4.95. The van der Waals surface area contributed by atoms with Crippen molar-refractivity contribution in [1.82, 2.24) is 15.1 Å². The molecule has 0 aromatic carbocycles. The molecule has 2 fully saturated rings. The second-order valence-electron chi connectivity index (χ2n) is 5.77. The minimum absolute atomic E-state index is 0.448. The molecule has 1 atom stereocenters. The number of nitrogens with one attached hydrogen (secondary N) is 1. The normalized spacial score (nSPS) is 32.1.